The van der Waals surface area contributed by atoms with E-state index in [1.165, 1.54) is 12.1 Å². The molecule has 9 heteroatoms. The first-order valence-corrected chi connectivity index (χ1v) is 10.3. The zero-order valence-electron chi connectivity index (χ0n) is 17.2. The average molecular weight is 432 g/mol. The van der Waals surface area contributed by atoms with E-state index in [1.54, 1.807) is 29.1 Å². The second-order valence-electron chi connectivity index (χ2n) is 7.55. The Morgan fingerprint density at radius 2 is 2.00 bits per heavy atom. The lowest BCUT2D eigenvalue weighted by Gasteiger charge is -2.15. The molecule has 0 unspecified atom stereocenters. The lowest BCUT2D eigenvalue weighted by Crippen LogP contribution is -2.14. The van der Waals surface area contributed by atoms with Crippen molar-refractivity contribution in [2.24, 2.45) is 5.73 Å². The van der Waals surface area contributed by atoms with Crippen LogP contribution in [-0.4, -0.2) is 38.9 Å². The molecule has 1 aliphatic rings. The van der Waals surface area contributed by atoms with E-state index in [2.05, 4.69) is 10.4 Å². The van der Waals surface area contributed by atoms with Crippen LogP contribution in [0.2, 0.25) is 0 Å². The number of carbonyl (C=O) groups is 1. The number of ether oxygens (including phenoxy) is 1. The number of anilines is 1. The summed E-state index contributed by atoms with van der Waals surface area (Å²) in [5.41, 5.74) is 9.25. The second kappa shape index (κ2) is 8.35. The summed E-state index contributed by atoms with van der Waals surface area (Å²) in [5.74, 6) is 0.235. The standard InChI is InChI=1S/C23H21FN6O2/c24-15-4-1-3-14(11-15)12-26-22-17-7-9-32-10-8-19(17)28-23(29-22)30-20-6-2-5-16(21(25)31)18(20)13-27-30/h1-6,11,13H,7-10,12H2,(H2,25,31)(H,26,28,29). The Balaban J connectivity index is 1.58. The minimum absolute atomic E-state index is 0.284. The minimum Gasteiger partial charge on any atom is -0.381 e. The summed E-state index contributed by atoms with van der Waals surface area (Å²) in [6.07, 6.45) is 2.91. The summed E-state index contributed by atoms with van der Waals surface area (Å²) in [6, 6.07) is 11.7. The summed E-state index contributed by atoms with van der Waals surface area (Å²) in [4.78, 5) is 21.3. The van der Waals surface area contributed by atoms with Gasteiger partial charge in [-0.2, -0.15) is 14.8 Å². The third-order valence-electron chi connectivity index (χ3n) is 5.48. The number of hydrogen-bond donors (Lipinski definition) is 2. The Morgan fingerprint density at radius 3 is 2.84 bits per heavy atom. The molecule has 2 aromatic carbocycles. The topological polar surface area (TPSA) is 108 Å². The number of aromatic nitrogens is 4. The Morgan fingerprint density at radius 1 is 1.16 bits per heavy atom. The number of rotatable bonds is 5. The molecule has 0 spiro atoms. The smallest absolute Gasteiger partial charge is 0.253 e. The van der Waals surface area contributed by atoms with Gasteiger partial charge in [0, 0.05) is 30.3 Å². The molecular weight excluding hydrogens is 411 g/mol. The van der Waals surface area contributed by atoms with Gasteiger partial charge in [0.1, 0.15) is 11.6 Å². The van der Waals surface area contributed by atoms with E-state index in [4.69, 9.17) is 20.4 Å². The van der Waals surface area contributed by atoms with Crippen LogP contribution in [0.1, 0.15) is 27.2 Å². The van der Waals surface area contributed by atoms with Crippen molar-refractivity contribution in [3.63, 3.8) is 0 Å². The van der Waals surface area contributed by atoms with Gasteiger partial charge in [0.25, 0.3) is 5.95 Å². The first kappa shape index (κ1) is 20.1. The Hall–Kier alpha value is -3.85. The number of nitrogens with two attached hydrogens (primary N) is 1. The summed E-state index contributed by atoms with van der Waals surface area (Å²) in [6.45, 7) is 1.56. The number of benzene rings is 2. The number of halogens is 1. The maximum absolute atomic E-state index is 13.6. The molecule has 0 bridgehead atoms. The molecule has 2 aromatic heterocycles. The molecule has 0 radical (unpaired) electrons. The normalized spacial score (nSPS) is 13.5. The van der Waals surface area contributed by atoms with Crippen molar-refractivity contribution in [2.45, 2.75) is 19.4 Å². The number of nitrogens with one attached hydrogen (secondary N) is 1. The fourth-order valence-electron chi connectivity index (χ4n) is 3.93. The second-order valence-corrected chi connectivity index (χ2v) is 7.55. The maximum Gasteiger partial charge on any atom is 0.253 e. The molecule has 0 saturated carbocycles. The predicted molar refractivity (Wildman–Crippen MR) is 117 cm³/mol. The van der Waals surface area contributed by atoms with Crippen molar-refractivity contribution in [3.05, 3.63) is 76.9 Å². The molecule has 0 saturated heterocycles. The van der Waals surface area contributed by atoms with Crippen LogP contribution in [0.3, 0.4) is 0 Å². The molecule has 0 fully saturated rings. The molecule has 0 aliphatic carbocycles. The summed E-state index contributed by atoms with van der Waals surface area (Å²) in [5, 5.41) is 8.40. The van der Waals surface area contributed by atoms with Gasteiger partial charge in [-0.3, -0.25) is 4.79 Å². The molecule has 5 rings (SSSR count). The van der Waals surface area contributed by atoms with E-state index in [1.807, 2.05) is 12.1 Å². The zero-order valence-corrected chi connectivity index (χ0v) is 17.2. The SMILES string of the molecule is NC(=O)c1cccc2c1cnn2-c1nc2c(c(NCc3cccc(F)c3)n1)CCOCC2. The highest BCUT2D eigenvalue weighted by Crippen LogP contribution is 2.25. The monoisotopic (exact) mass is 432 g/mol. The number of fused-ring (bicyclic) bond motifs is 2. The van der Waals surface area contributed by atoms with Gasteiger partial charge in [0.15, 0.2) is 0 Å². The third-order valence-corrected chi connectivity index (χ3v) is 5.48. The molecule has 1 amide bonds. The van der Waals surface area contributed by atoms with Crippen LogP contribution in [0.4, 0.5) is 10.2 Å². The van der Waals surface area contributed by atoms with Crippen molar-refractivity contribution in [1.82, 2.24) is 19.7 Å². The molecule has 3 N–H and O–H groups in total. The van der Waals surface area contributed by atoms with Crippen LogP contribution in [-0.2, 0) is 24.1 Å². The summed E-state index contributed by atoms with van der Waals surface area (Å²) >= 11 is 0. The van der Waals surface area contributed by atoms with Crippen molar-refractivity contribution in [1.29, 1.82) is 0 Å². The van der Waals surface area contributed by atoms with Crippen LogP contribution < -0.4 is 11.1 Å². The third kappa shape index (κ3) is 3.78. The zero-order chi connectivity index (χ0) is 22.1. The largest absolute Gasteiger partial charge is 0.381 e. The van der Waals surface area contributed by atoms with E-state index in [-0.39, 0.29) is 5.82 Å². The number of carbonyl (C=O) groups excluding carboxylic acids is 1. The van der Waals surface area contributed by atoms with Crippen molar-refractivity contribution >= 4 is 22.6 Å². The van der Waals surface area contributed by atoms with E-state index in [0.717, 1.165) is 16.8 Å². The van der Waals surface area contributed by atoms with Crippen molar-refractivity contribution < 1.29 is 13.9 Å². The van der Waals surface area contributed by atoms with Gasteiger partial charge in [-0.1, -0.05) is 18.2 Å². The average Bonchev–Trinajstić information content (AvgIpc) is 3.08. The highest BCUT2D eigenvalue weighted by molar-refractivity contribution is 6.05. The molecule has 8 nitrogen and oxygen atoms in total. The first-order valence-electron chi connectivity index (χ1n) is 10.3. The van der Waals surface area contributed by atoms with Crippen molar-refractivity contribution in [2.75, 3.05) is 18.5 Å². The number of amides is 1. The van der Waals surface area contributed by atoms with Crippen molar-refractivity contribution in [3.8, 4) is 5.95 Å². The fraction of sp³-hybridized carbons (Fsp3) is 0.217. The highest BCUT2D eigenvalue weighted by Gasteiger charge is 2.20. The molecule has 3 heterocycles. The Kier molecular flexibility index (Phi) is 5.24. The predicted octanol–water partition coefficient (Wildman–Crippen LogP) is 2.78. The number of primary amides is 1. The Labute approximate surface area is 183 Å². The minimum atomic E-state index is -0.521. The first-order chi connectivity index (χ1) is 15.6. The molecule has 1 aliphatic heterocycles. The van der Waals surface area contributed by atoms with Gasteiger partial charge in [0.05, 0.1) is 36.2 Å². The van der Waals surface area contributed by atoms with E-state index >= 15 is 0 Å². The van der Waals surface area contributed by atoms with Gasteiger partial charge in [-0.25, -0.2) is 9.37 Å². The lowest BCUT2D eigenvalue weighted by molar-refractivity contribution is 0.100. The van der Waals surface area contributed by atoms with E-state index in [0.29, 0.717) is 60.8 Å². The van der Waals surface area contributed by atoms with Gasteiger partial charge < -0.3 is 15.8 Å². The molecular formula is C23H21FN6O2. The number of nitrogens with zero attached hydrogens (tertiary/aromatic N) is 4. The summed E-state index contributed by atoms with van der Waals surface area (Å²) < 4.78 is 20.8. The fourth-order valence-corrected chi connectivity index (χ4v) is 3.93. The molecule has 32 heavy (non-hydrogen) atoms. The molecule has 4 aromatic rings. The maximum atomic E-state index is 13.6. The van der Waals surface area contributed by atoms with Gasteiger partial charge in [-0.05, 0) is 29.8 Å². The van der Waals surface area contributed by atoms with E-state index in [9.17, 15) is 9.18 Å². The Bertz CT molecular complexity index is 1320. The molecule has 162 valence electrons. The van der Waals surface area contributed by atoms with Gasteiger partial charge >= 0.3 is 0 Å². The molecule has 0 atom stereocenters. The highest BCUT2D eigenvalue weighted by atomic mass is 19.1. The van der Waals surface area contributed by atoms with Crippen LogP contribution in [0.5, 0.6) is 0 Å². The quantitative estimate of drug-likeness (QED) is 0.502. The van der Waals surface area contributed by atoms with Gasteiger partial charge in [-0.15, -0.1) is 0 Å². The van der Waals surface area contributed by atoms with Crippen LogP contribution in [0, 0.1) is 5.82 Å². The van der Waals surface area contributed by atoms with Crippen LogP contribution >= 0.6 is 0 Å². The van der Waals surface area contributed by atoms with Gasteiger partial charge in [0.2, 0.25) is 5.91 Å². The number of hydrogen-bond acceptors (Lipinski definition) is 6. The van der Waals surface area contributed by atoms with Crippen LogP contribution in [0.25, 0.3) is 16.9 Å². The lowest BCUT2D eigenvalue weighted by atomic mass is 10.1. The summed E-state index contributed by atoms with van der Waals surface area (Å²) in [7, 11) is 0. The van der Waals surface area contributed by atoms with E-state index < -0.39 is 5.91 Å². The van der Waals surface area contributed by atoms with Crippen LogP contribution in [0.15, 0.2) is 48.7 Å².